The van der Waals surface area contributed by atoms with Gasteiger partial charge in [-0.05, 0) is 17.9 Å². The van der Waals surface area contributed by atoms with Crippen LogP contribution in [0.5, 0.6) is 0 Å². The molecule has 0 aliphatic heterocycles. The first kappa shape index (κ1) is 15.8. The highest BCUT2D eigenvalue weighted by molar-refractivity contribution is 7.09. The van der Waals surface area contributed by atoms with Crippen LogP contribution in [0.1, 0.15) is 29.9 Å². The quantitative estimate of drug-likeness (QED) is 0.608. The third kappa shape index (κ3) is 4.23. The second-order valence-electron chi connectivity index (χ2n) is 4.76. The molecule has 0 saturated heterocycles. The number of carbonyl (C=O) groups excluding carboxylic acids is 1. The molecule has 8 heteroatoms. The molecule has 0 atom stereocenters. The predicted octanol–water partition coefficient (Wildman–Crippen LogP) is 3.49. The van der Waals surface area contributed by atoms with Gasteiger partial charge < -0.3 is 9.15 Å². The monoisotopic (exact) mass is 349 g/mol. The summed E-state index contributed by atoms with van der Waals surface area (Å²) >= 11 is 3.14. The Morgan fingerprint density at radius 2 is 2.26 bits per heavy atom. The molecule has 0 bridgehead atoms. The SMILES string of the molecule is CCc1nc(COC(=O)CCc2nnc(-c3ccsc3)o2)cs1. The molecule has 120 valence electrons. The van der Waals surface area contributed by atoms with Crippen LogP contribution in [0.15, 0.2) is 26.6 Å². The van der Waals surface area contributed by atoms with Crippen molar-refractivity contribution in [2.24, 2.45) is 0 Å². The number of carbonyl (C=O) groups is 1. The zero-order chi connectivity index (χ0) is 16.1. The number of hydrogen-bond acceptors (Lipinski definition) is 8. The molecule has 0 aromatic carbocycles. The van der Waals surface area contributed by atoms with Crippen LogP contribution in [0.2, 0.25) is 0 Å². The van der Waals surface area contributed by atoms with Crippen molar-refractivity contribution >= 4 is 28.6 Å². The third-order valence-corrected chi connectivity index (χ3v) is 4.79. The molecule has 6 nitrogen and oxygen atoms in total. The number of esters is 1. The van der Waals surface area contributed by atoms with Crippen molar-refractivity contribution in [2.75, 3.05) is 0 Å². The zero-order valence-electron chi connectivity index (χ0n) is 12.5. The summed E-state index contributed by atoms with van der Waals surface area (Å²) in [6, 6.07) is 1.91. The van der Waals surface area contributed by atoms with E-state index >= 15 is 0 Å². The second-order valence-corrected chi connectivity index (χ2v) is 6.48. The first-order valence-corrected chi connectivity index (χ1v) is 9.00. The van der Waals surface area contributed by atoms with Gasteiger partial charge in [0.05, 0.1) is 17.1 Å². The zero-order valence-corrected chi connectivity index (χ0v) is 14.2. The van der Waals surface area contributed by atoms with Gasteiger partial charge >= 0.3 is 5.97 Å². The standard InChI is InChI=1S/C15H15N3O3S2/c1-2-13-16-11(9-23-13)7-20-14(19)4-3-12-17-18-15(21-12)10-5-6-22-8-10/h5-6,8-9H,2-4,7H2,1H3. The summed E-state index contributed by atoms with van der Waals surface area (Å²) in [5.74, 6) is 0.612. The van der Waals surface area contributed by atoms with Gasteiger partial charge in [-0.1, -0.05) is 6.92 Å². The van der Waals surface area contributed by atoms with E-state index in [1.807, 2.05) is 29.1 Å². The fourth-order valence-electron chi connectivity index (χ4n) is 1.87. The number of aryl methyl sites for hydroxylation is 2. The van der Waals surface area contributed by atoms with Crippen LogP contribution in [0, 0.1) is 0 Å². The molecule has 0 saturated carbocycles. The molecule has 0 aliphatic carbocycles. The predicted molar refractivity (Wildman–Crippen MR) is 87.2 cm³/mol. The highest BCUT2D eigenvalue weighted by Crippen LogP contribution is 2.20. The molecule has 3 rings (SSSR count). The first-order valence-electron chi connectivity index (χ1n) is 7.18. The van der Waals surface area contributed by atoms with Gasteiger partial charge in [-0.2, -0.15) is 11.3 Å². The van der Waals surface area contributed by atoms with E-state index in [2.05, 4.69) is 15.2 Å². The molecule has 0 fully saturated rings. The molecule has 0 N–H and O–H groups in total. The number of hydrogen-bond donors (Lipinski definition) is 0. The number of aromatic nitrogens is 3. The number of ether oxygens (including phenoxy) is 1. The molecule has 3 aromatic heterocycles. The Kier molecular flexibility index (Phi) is 5.14. The van der Waals surface area contributed by atoms with Crippen LogP contribution >= 0.6 is 22.7 Å². The molecular formula is C15H15N3O3S2. The Bertz CT molecular complexity index is 765. The number of thiazole rings is 1. The highest BCUT2D eigenvalue weighted by atomic mass is 32.1. The lowest BCUT2D eigenvalue weighted by Crippen LogP contribution is -2.06. The lowest BCUT2D eigenvalue weighted by atomic mass is 10.3. The Balaban J connectivity index is 1.45. The van der Waals surface area contributed by atoms with E-state index in [0.29, 0.717) is 18.2 Å². The van der Waals surface area contributed by atoms with Crippen LogP contribution in [-0.2, 0) is 29.0 Å². The Morgan fingerprint density at radius 3 is 3.00 bits per heavy atom. The number of nitrogens with zero attached hydrogens (tertiary/aromatic N) is 3. The number of thiophene rings is 1. The van der Waals surface area contributed by atoms with E-state index in [1.54, 1.807) is 22.7 Å². The van der Waals surface area contributed by atoms with Gasteiger partial charge in [0.2, 0.25) is 11.8 Å². The van der Waals surface area contributed by atoms with Crippen LogP contribution in [0.3, 0.4) is 0 Å². The minimum atomic E-state index is -0.300. The van der Waals surface area contributed by atoms with Crippen molar-refractivity contribution in [3.8, 4) is 11.5 Å². The lowest BCUT2D eigenvalue weighted by molar-refractivity contribution is -0.145. The van der Waals surface area contributed by atoms with Crippen molar-refractivity contribution < 1.29 is 13.9 Å². The molecule has 3 aromatic rings. The molecule has 0 radical (unpaired) electrons. The fraction of sp³-hybridized carbons (Fsp3) is 0.333. The van der Waals surface area contributed by atoms with Crippen LogP contribution in [-0.4, -0.2) is 21.2 Å². The third-order valence-electron chi connectivity index (χ3n) is 3.06. The van der Waals surface area contributed by atoms with Crippen molar-refractivity contribution in [2.45, 2.75) is 32.8 Å². The van der Waals surface area contributed by atoms with Crippen molar-refractivity contribution in [1.29, 1.82) is 0 Å². The minimum Gasteiger partial charge on any atom is -0.459 e. The van der Waals surface area contributed by atoms with Crippen molar-refractivity contribution in [3.63, 3.8) is 0 Å². The smallest absolute Gasteiger partial charge is 0.306 e. The topological polar surface area (TPSA) is 78.1 Å². The van der Waals surface area contributed by atoms with E-state index in [1.165, 1.54) is 0 Å². The minimum absolute atomic E-state index is 0.204. The molecule has 3 heterocycles. The largest absolute Gasteiger partial charge is 0.459 e. The van der Waals surface area contributed by atoms with Gasteiger partial charge in [-0.25, -0.2) is 4.98 Å². The summed E-state index contributed by atoms with van der Waals surface area (Å²) in [4.78, 5) is 16.1. The van der Waals surface area contributed by atoms with Crippen molar-refractivity contribution in [1.82, 2.24) is 15.2 Å². The Hall–Kier alpha value is -2.06. The van der Waals surface area contributed by atoms with E-state index < -0.39 is 0 Å². The molecule has 0 amide bonds. The van der Waals surface area contributed by atoms with Gasteiger partial charge in [0, 0.05) is 22.7 Å². The Labute approximate surface area is 141 Å². The average Bonchev–Trinajstić information content (AvgIpc) is 3.31. The van der Waals surface area contributed by atoms with E-state index in [9.17, 15) is 4.79 Å². The molecular weight excluding hydrogens is 334 g/mol. The number of rotatable bonds is 7. The average molecular weight is 349 g/mol. The maximum Gasteiger partial charge on any atom is 0.306 e. The molecule has 23 heavy (non-hydrogen) atoms. The van der Waals surface area contributed by atoms with E-state index in [4.69, 9.17) is 9.15 Å². The Morgan fingerprint density at radius 1 is 1.35 bits per heavy atom. The summed E-state index contributed by atoms with van der Waals surface area (Å²) in [5.41, 5.74) is 1.68. The summed E-state index contributed by atoms with van der Waals surface area (Å²) in [6.07, 6.45) is 1.46. The molecule has 0 aliphatic rings. The van der Waals surface area contributed by atoms with Gasteiger partial charge in [-0.3, -0.25) is 4.79 Å². The van der Waals surface area contributed by atoms with E-state index in [-0.39, 0.29) is 19.0 Å². The second kappa shape index (κ2) is 7.47. The van der Waals surface area contributed by atoms with Gasteiger partial charge in [0.15, 0.2) is 0 Å². The summed E-state index contributed by atoms with van der Waals surface area (Å²) in [5, 5.41) is 14.8. The van der Waals surface area contributed by atoms with Crippen LogP contribution in [0.4, 0.5) is 0 Å². The normalized spacial score (nSPS) is 10.8. The summed E-state index contributed by atoms with van der Waals surface area (Å²) in [6.45, 7) is 2.25. The van der Waals surface area contributed by atoms with Crippen LogP contribution < -0.4 is 0 Å². The molecule has 0 unspecified atom stereocenters. The van der Waals surface area contributed by atoms with E-state index in [0.717, 1.165) is 22.7 Å². The maximum absolute atomic E-state index is 11.8. The first-order chi connectivity index (χ1) is 11.2. The van der Waals surface area contributed by atoms with Gasteiger partial charge in [0.25, 0.3) is 0 Å². The van der Waals surface area contributed by atoms with Gasteiger partial charge in [0.1, 0.15) is 6.61 Å². The van der Waals surface area contributed by atoms with Gasteiger partial charge in [-0.15, -0.1) is 21.5 Å². The maximum atomic E-state index is 11.8. The highest BCUT2D eigenvalue weighted by Gasteiger charge is 2.12. The summed E-state index contributed by atoms with van der Waals surface area (Å²) in [7, 11) is 0. The summed E-state index contributed by atoms with van der Waals surface area (Å²) < 4.78 is 10.7. The van der Waals surface area contributed by atoms with Crippen molar-refractivity contribution in [3.05, 3.63) is 38.8 Å². The fourth-order valence-corrected chi connectivity index (χ4v) is 3.23. The lowest BCUT2D eigenvalue weighted by Gasteiger charge is -2.01. The molecule has 0 spiro atoms. The van der Waals surface area contributed by atoms with Crippen LogP contribution in [0.25, 0.3) is 11.5 Å².